The van der Waals surface area contributed by atoms with Gasteiger partial charge in [-0.1, -0.05) is 33.8 Å². The van der Waals surface area contributed by atoms with Crippen LogP contribution >= 0.6 is 0 Å². The summed E-state index contributed by atoms with van der Waals surface area (Å²) in [6.45, 7) is 11.0. The molecular formula is C11H24OSi. The Morgan fingerprint density at radius 1 is 1.08 bits per heavy atom. The van der Waals surface area contributed by atoms with Crippen molar-refractivity contribution in [3.63, 3.8) is 0 Å². The van der Waals surface area contributed by atoms with Crippen molar-refractivity contribution >= 4 is 8.32 Å². The predicted octanol–water partition coefficient (Wildman–Crippen LogP) is 4.32. The van der Waals surface area contributed by atoms with E-state index in [9.17, 15) is 0 Å². The molecule has 0 unspecified atom stereocenters. The summed E-state index contributed by atoms with van der Waals surface area (Å²) in [7, 11) is -1.39. The van der Waals surface area contributed by atoms with Crippen molar-refractivity contribution in [3.05, 3.63) is 11.8 Å². The zero-order chi connectivity index (χ0) is 10.3. The SMILES string of the molecule is CC=C(CC)O[Si](CC)(CC)CC. The van der Waals surface area contributed by atoms with Gasteiger partial charge in [-0.15, -0.1) is 0 Å². The van der Waals surface area contributed by atoms with Gasteiger partial charge in [0.15, 0.2) is 0 Å². The van der Waals surface area contributed by atoms with Gasteiger partial charge in [0.2, 0.25) is 8.32 Å². The first kappa shape index (κ1) is 12.8. The summed E-state index contributed by atoms with van der Waals surface area (Å²) in [5.41, 5.74) is 0. The molecular weight excluding hydrogens is 176 g/mol. The molecule has 0 rings (SSSR count). The average molecular weight is 200 g/mol. The zero-order valence-corrected chi connectivity index (χ0v) is 10.8. The molecule has 0 amide bonds. The Labute approximate surface area is 84.3 Å². The molecule has 0 spiro atoms. The fourth-order valence-electron chi connectivity index (χ4n) is 1.58. The van der Waals surface area contributed by atoms with Crippen LogP contribution in [-0.2, 0) is 4.43 Å². The summed E-state index contributed by atoms with van der Waals surface area (Å²) in [6.07, 6.45) is 3.15. The van der Waals surface area contributed by atoms with Gasteiger partial charge in [0.05, 0.1) is 5.76 Å². The van der Waals surface area contributed by atoms with E-state index in [0.717, 1.165) is 6.42 Å². The van der Waals surface area contributed by atoms with Crippen LogP contribution in [0.4, 0.5) is 0 Å². The summed E-state index contributed by atoms with van der Waals surface area (Å²) in [5, 5.41) is 0. The first-order valence-electron chi connectivity index (χ1n) is 5.52. The topological polar surface area (TPSA) is 9.23 Å². The molecule has 2 heteroatoms. The van der Waals surface area contributed by atoms with Crippen molar-refractivity contribution < 1.29 is 4.43 Å². The lowest BCUT2D eigenvalue weighted by molar-refractivity contribution is 0.388. The van der Waals surface area contributed by atoms with Crippen LogP contribution in [-0.4, -0.2) is 8.32 Å². The maximum Gasteiger partial charge on any atom is 0.250 e. The number of allylic oxidation sites excluding steroid dienone is 2. The fraction of sp³-hybridized carbons (Fsp3) is 0.818. The zero-order valence-electron chi connectivity index (χ0n) is 9.81. The molecule has 0 N–H and O–H groups in total. The normalized spacial score (nSPS) is 13.2. The number of rotatable bonds is 6. The van der Waals surface area contributed by atoms with Gasteiger partial charge < -0.3 is 4.43 Å². The molecule has 0 aromatic heterocycles. The van der Waals surface area contributed by atoms with E-state index in [1.807, 2.05) is 0 Å². The highest BCUT2D eigenvalue weighted by Gasteiger charge is 2.30. The van der Waals surface area contributed by atoms with Crippen LogP contribution in [0.3, 0.4) is 0 Å². The van der Waals surface area contributed by atoms with Crippen molar-refractivity contribution in [1.29, 1.82) is 0 Å². The van der Waals surface area contributed by atoms with Crippen LogP contribution in [0.5, 0.6) is 0 Å². The second kappa shape index (κ2) is 6.25. The van der Waals surface area contributed by atoms with E-state index in [1.165, 1.54) is 23.9 Å². The van der Waals surface area contributed by atoms with Gasteiger partial charge in [0, 0.05) is 6.42 Å². The molecule has 0 aliphatic carbocycles. The second-order valence-corrected chi connectivity index (χ2v) is 8.15. The molecule has 78 valence electrons. The highest BCUT2D eigenvalue weighted by atomic mass is 28.4. The monoisotopic (exact) mass is 200 g/mol. The lowest BCUT2D eigenvalue weighted by Crippen LogP contribution is -2.35. The molecule has 13 heavy (non-hydrogen) atoms. The Bertz CT molecular complexity index is 151. The molecule has 0 saturated heterocycles. The van der Waals surface area contributed by atoms with Crippen molar-refractivity contribution in [1.82, 2.24) is 0 Å². The van der Waals surface area contributed by atoms with Crippen LogP contribution in [0, 0.1) is 0 Å². The minimum atomic E-state index is -1.39. The number of hydrogen-bond donors (Lipinski definition) is 0. The first-order chi connectivity index (χ1) is 6.17. The summed E-state index contributed by atoms with van der Waals surface area (Å²) < 4.78 is 6.18. The smallest absolute Gasteiger partial charge is 0.250 e. The summed E-state index contributed by atoms with van der Waals surface area (Å²) in [5.74, 6) is 1.19. The molecule has 0 aromatic rings. The van der Waals surface area contributed by atoms with E-state index < -0.39 is 8.32 Å². The Balaban J connectivity index is 4.40. The standard InChI is InChI=1S/C11H24OSi/c1-6-11(7-2)12-13(8-3,9-4)10-5/h6H,7-10H2,1-5H3. The molecule has 0 aromatic carbocycles. The van der Waals surface area contributed by atoms with Gasteiger partial charge in [-0.05, 0) is 25.1 Å². The van der Waals surface area contributed by atoms with Gasteiger partial charge >= 0.3 is 0 Å². The third kappa shape index (κ3) is 3.55. The third-order valence-electron chi connectivity index (χ3n) is 2.95. The molecule has 0 atom stereocenters. The molecule has 0 saturated carbocycles. The molecule has 0 fully saturated rings. The van der Waals surface area contributed by atoms with E-state index >= 15 is 0 Å². The highest BCUT2D eigenvalue weighted by Crippen LogP contribution is 2.25. The van der Waals surface area contributed by atoms with Crippen LogP contribution < -0.4 is 0 Å². The van der Waals surface area contributed by atoms with Gasteiger partial charge in [-0.2, -0.15) is 0 Å². The minimum Gasteiger partial charge on any atom is -0.547 e. The summed E-state index contributed by atoms with van der Waals surface area (Å²) in [6, 6.07) is 3.70. The van der Waals surface area contributed by atoms with E-state index in [1.54, 1.807) is 0 Å². The maximum atomic E-state index is 6.18. The predicted molar refractivity (Wildman–Crippen MR) is 62.3 cm³/mol. The van der Waals surface area contributed by atoms with Crippen molar-refractivity contribution in [2.45, 2.75) is 59.2 Å². The van der Waals surface area contributed by atoms with Crippen LogP contribution in [0.1, 0.15) is 41.0 Å². The molecule has 1 nitrogen and oxygen atoms in total. The minimum absolute atomic E-state index is 1.03. The summed E-state index contributed by atoms with van der Waals surface area (Å²) >= 11 is 0. The Morgan fingerprint density at radius 3 is 1.77 bits per heavy atom. The quantitative estimate of drug-likeness (QED) is 0.458. The lowest BCUT2D eigenvalue weighted by Gasteiger charge is -2.30. The van der Waals surface area contributed by atoms with Crippen LogP contribution in [0.15, 0.2) is 11.8 Å². The van der Waals surface area contributed by atoms with E-state index in [-0.39, 0.29) is 0 Å². The maximum absolute atomic E-state index is 6.18. The summed E-state index contributed by atoms with van der Waals surface area (Å²) in [4.78, 5) is 0. The molecule has 0 radical (unpaired) electrons. The van der Waals surface area contributed by atoms with Gasteiger partial charge in [-0.3, -0.25) is 0 Å². The largest absolute Gasteiger partial charge is 0.547 e. The average Bonchev–Trinajstić information content (AvgIpc) is 2.21. The molecule has 0 heterocycles. The Hall–Kier alpha value is -0.243. The third-order valence-corrected chi connectivity index (χ3v) is 7.51. The van der Waals surface area contributed by atoms with E-state index in [2.05, 4.69) is 40.7 Å². The van der Waals surface area contributed by atoms with Crippen LogP contribution in [0.25, 0.3) is 0 Å². The highest BCUT2D eigenvalue weighted by molar-refractivity contribution is 6.73. The van der Waals surface area contributed by atoms with Gasteiger partial charge in [0.1, 0.15) is 0 Å². The van der Waals surface area contributed by atoms with Gasteiger partial charge in [0.25, 0.3) is 0 Å². The molecule has 0 aliphatic heterocycles. The van der Waals surface area contributed by atoms with Crippen molar-refractivity contribution in [2.24, 2.45) is 0 Å². The second-order valence-electron chi connectivity index (χ2n) is 3.45. The van der Waals surface area contributed by atoms with E-state index in [0.29, 0.717) is 0 Å². The fourth-order valence-corrected chi connectivity index (χ4v) is 4.33. The first-order valence-corrected chi connectivity index (χ1v) is 8.05. The Kier molecular flexibility index (Phi) is 6.13. The van der Waals surface area contributed by atoms with E-state index in [4.69, 9.17) is 4.43 Å². The Morgan fingerprint density at radius 2 is 1.54 bits per heavy atom. The van der Waals surface area contributed by atoms with Crippen LogP contribution in [0.2, 0.25) is 18.1 Å². The number of hydrogen-bond acceptors (Lipinski definition) is 1. The van der Waals surface area contributed by atoms with Crippen molar-refractivity contribution in [3.8, 4) is 0 Å². The molecule has 0 bridgehead atoms. The van der Waals surface area contributed by atoms with Crippen molar-refractivity contribution in [2.75, 3.05) is 0 Å². The van der Waals surface area contributed by atoms with Gasteiger partial charge in [-0.25, -0.2) is 0 Å². The molecule has 0 aliphatic rings. The lowest BCUT2D eigenvalue weighted by atomic mass is 10.4.